The van der Waals surface area contributed by atoms with Crippen LogP contribution in [0.2, 0.25) is 0 Å². The zero-order chi connectivity index (χ0) is 28.8. The van der Waals surface area contributed by atoms with Gasteiger partial charge in [0.15, 0.2) is 7.14 Å². The van der Waals surface area contributed by atoms with E-state index in [1.165, 1.54) is 0 Å². The molecular formula is C38H26N3OP. The van der Waals surface area contributed by atoms with Crippen LogP contribution in [0.25, 0.3) is 50.1 Å². The van der Waals surface area contributed by atoms with Gasteiger partial charge in [-0.3, -0.25) is 4.40 Å². The van der Waals surface area contributed by atoms with E-state index in [0.717, 1.165) is 66.0 Å². The highest BCUT2D eigenvalue weighted by atomic mass is 31.2. The van der Waals surface area contributed by atoms with Gasteiger partial charge in [0.2, 0.25) is 0 Å². The molecule has 2 heterocycles. The van der Waals surface area contributed by atoms with Gasteiger partial charge in [-0.15, -0.1) is 0 Å². The summed E-state index contributed by atoms with van der Waals surface area (Å²) >= 11 is 0. The van der Waals surface area contributed by atoms with Crippen LogP contribution in [0.15, 0.2) is 158 Å². The first-order valence-corrected chi connectivity index (χ1v) is 16.0. The molecule has 6 aromatic carbocycles. The predicted molar refractivity (Wildman–Crippen MR) is 178 cm³/mol. The van der Waals surface area contributed by atoms with Gasteiger partial charge in [0.05, 0.1) is 16.6 Å². The van der Waals surface area contributed by atoms with Crippen LogP contribution in [0.5, 0.6) is 0 Å². The Morgan fingerprint density at radius 1 is 0.465 bits per heavy atom. The Labute approximate surface area is 249 Å². The lowest BCUT2D eigenvalue weighted by Gasteiger charge is -2.20. The van der Waals surface area contributed by atoms with Gasteiger partial charge >= 0.3 is 0 Å². The van der Waals surface area contributed by atoms with Crippen molar-refractivity contribution in [3.63, 3.8) is 0 Å². The smallest absolute Gasteiger partial charge is 0.171 e. The van der Waals surface area contributed by atoms with Crippen molar-refractivity contribution in [2.45, 2.75) is 0 Å². The molecule has 0 radical (unpaired) electrons. The lowest BCUT2D eigenvalue weighted by Crippen LogP contribution is -2.24. The standard InChI is InChI=1S/C38H26N3OP/c42-43(30-14-6-2-7-15-30,31-16-8-3-9-17-31)32-23-20-27(21-24-32)29-22-25-34-33(26-29)38-40-35-18-10-11-19-36(35)41(38)37(39-34)28-12-4-1-5-13-28/h1-26H. The Morgan fingerprint density at radius 2 is 1.02 bits per heavy atom. The maximum Gasteiger partial charge on any atom is 0.171 e. The first kappa shape index (κ1) is 25.4. The molecule has 8 rings (SSSR count). The lowest BCUT2D eigenvalue weighted by atomic mass is 10.0. The zero-order valence-electron chi connectivity index (χ0n) is 23.2. The summed E-state index contributed by atoms with van der Waals surface area (Å²) in [5.74, 6) is 0.867. The molecule has 2 aromatic heterocycles. The van der Waals surface area contributed by atoms with Crippen molar-refractivity contribution >= 4 is 50.6 Å². The molecule has 0 fully saturated rings. The van der Waals surface area contributed by atoms with Gasteiger partial charge in [0.25, 0.3) is 0 Å². The van der Waals surface area contributed by atoms with Crippen molar-refractivity contribution in [2.75, 3.05) is 0 Å². The van der Waals surface area contributed by atoms with Crippen LogP contribution < -0.4 is 15.9 Å². The summed E-state index contributed by atoms with van der Waals surface area (Å²) in [6.45, 7) is 0. The van der Waals surface area contributed by atoms with Gasteiger partial charge in [-0.05, 0) is 35.4 Å². The van der Waals surface area contributed by atoms with Gasteiger partial charge in [-0.2, -0.15) is 0 Å². The average molecular weight is 572 g/mol. The van der Waals surface area contributed by atoms with Gasteiger partial charge in [0, 0.05) is 26.9 Å². The van der Waals surface area contributed by atoms with Gasteiger partial charge in [-0.1, -0.05) is 133 Å². The van der Waals surface area contributed by atoms with E-state index in [-0.39, 0.29) is 0 Å². The molecule has 0 aliphatic carbocycles. The van der Waals surface area contributed by atoms with Crippen LogP contribution in [0.1, 0.15) is 0 Å². The SMILES string of the molecule is O=P(c1ccccc1)(c1ccccc1)c1ccc(-c2ccc3nc(-c4ccccc4)n4c5ccccc5nc4c3c2)cc1. The first-order valence-electron chi connectivity index (χ1n) is 14.3. The number of hydrogen-bond acceptors (Lipinski definition) is 3. The zero-order valence-corrected chi connectivity index (χ0v) is 24.1. The third-order valence-electron chi connectivity index (χ3n) is 8.07. The van der Waals surface area contributed by atoms with E-state index in [4.69, 9.17) is 9.97 Å². The van der Waals surface area contributed by atoms with Crippen molar-refractivity contribution in [3.05, 3.63) is 158 Å². The van der Waals surface area contributed by atoms with Crippen LogP contribution >= 0.6 is 7.14 Å². The number of rotatable bonds is 5. The Balaban J connectivity index is 1.28. The molecule has 0 saturated carbocycles. The number of aromatic nitrogens is 3. The van der Waals surface area contributed by atoms with Crippen LogP contribution in [-0.4, -0.2) is 14.4 Å². The van der Waals surface area contributed by atoms with Crippen LogP contribution in [-0.2, 0) is 4.57 Å². The minimum atomic E-state index is -3.03. The number of imidazole rings is 1. The molecule has 0 N–H and O–H groups in total. The monoisotopic (exact) mass is 571 g/mol. The summed E-state index contributed by atoms with van der Waals surface area (Å²) < 4.78 is 17.0. The Hall–Kier alpha value is -5.31. The topological polar surface area (TPSA) is 47.3 Å². The largest absolute Gasteiger partial charge is 0.309 e. The van der Waals surface area contributed by atoms with Crippen LogP contribution in [0.3, 0.4) is 0 Å². The minimum Gasteiger partial charge on any atom is -0.309 e. The number of benzene rings is 6. The van der Waals surface area contributed by atoms with Crippen molar-refractivity contribution in [2.24, 2.45) is 0 Å². The summed E-state index contributed by atoms with van der Waals surface area (Å²) in [6.07, 6.45) is 0. The molecule has 0 spiro atoms. The maximum absolute atomic E-state index is 14.8. The second-order valence-corrected chi connectivity index (χ2v) is 13.4. The minimum absolute atomic E-state index is 0.811. The van der Waals surface area contributed by atoms with E-state index in [1.807, 2.05) is 109 Å². The third kappa shape index (κ3) is 4.19. The Bertz CT molecular complexity index is 2250. The lowest BCUT2D eigenvalue weighted by molar-refractivity contribution is 0.592. The van der Waals surface area contributed by atoms with Crippen molar-refractivity contribution in [3.8, 4) is 22.5 Å². The van der Waals surface area contributed by atoms with Gasteiger partial charge in [-0.25, -0.2) is 9.97 Å². The van der Waals surface area contributed by atoms with Gasteiger partial charge in [0.1, 0.15) is 11.5 Å². The fraction of sp³-hybridized carbons (Fsp3) is 0. The molecule has 0 bridgehead atoms. The summed E-state index contributed by atoms with van der Waals surface area (Å²) in [7, 11) is -3.03. The highest BCUT2D eigenvalue weighted by Gasteiger charge is 2.29. The molecular weight excluding hydrogens is 545 g/mol. The number of fused-ring (bicyclic) bond motifs is 5. The molecule has 0 aliphatic rings. The van der Waals surface area contributed by atoms with E-state index in [1.54, 1.807) is 0 Å². The molecule has 0 atom stereocenters. The predicted octanol–water partition coefficient (Wildman–Crippen LogP) is 8.01. The fourth-order valence-electron chi connectivity index (χ4n) is 5.95. The summed E-state index contributed by atoms with van der Waals surface area (Å²) in [5, 5.41) is 3.45. The van der Waals surface area contributed by atoms with E-state index >= 15 is 0 Å². The normalized spacial score (nSPS) is 11.8. The molecule has 0 aliphatic heterocycles. The van der Waals surface area contributed by atoms with E-state index in [0.29, 0.717) is 0 Å². The molecule has 43 heavy (non-hydrogen) atoms. The quantitative estimate of drug-likeness (QED) is 0.197. The Morgan fingerprint density at radius 3 is 1.70 bits per heavy atom. The van der Waals surface area contributed by atoms with Crippen LogP contribution in [0.4, 0.5) is 0 Å². The summed E-state index contributed by atoms with van der Waals surface area (Å²) in [5.41, 5.74) is 6.86. The third-order valence-corrected chi connectivity index (χ3v) is 11.1. The van der Waals surface area contributed by atoms with Crippen LogP contribution in [0, 0.1) is 0 Å². The summed E-state index contributed by atoms with van der Waals surface area (Å²) in [6, 6.07) is 52.5. The number of para-hydroxylation sites is 2. The number of hydrogen-bond donors (Lipinski definition) is 0. The fourth-order valence-corrected chi connectivity index (χ4v) is 8.59. The number of nitrogens with zero attached hydrogens (tertiary/aromatic N) is 3. The highest BCUT2D eigenvalue weighted by molar-refractivity contribution is 7.85. The molecule has 0 saturated heterocycles. The average Bonchev–Trinajstić information content (AvgIpc) is 3.49. The van der Waals surface area contributed by atoms with E-state index in [9.17, 15) is 4.57 Å². The molecule has 5 heteroatoms. The van der Waals surface area contributed by atoms with Gasteiger partial charge < -0.3 is 4.57 Å². The van der Waals surface area contributed by atoms with E-state index in [2.05, 4.69) is 52.9 Å². The second-order valence-electron chi connectivity index (χ2n) is 10.6. The molecule has 0 unspecified atom stereocenters. The molecule has 0 amide bonds. The van der Waals surface area contributed by atoms with E-state index < -0.39 is 7.14 Å². The summed E-state index contributed by atoms with van der Waals surface area (Å²) in [4.78, 5) is 10.2. The maximum atomic E-state index is 14.8. The second kappa shape index (κ2) is 10.2. The van der Waals surface area contributed by atoms with Crippen molar-refractivity contribution in [1.82, 2.24) is 14.4 Å². The van der Waals surface area contributed by atoms with Crippen molar-refractivity contribution in [1.29, 1.82) is 0 Å². The highest BCUT2D eigenvalue weighted by Crippen LogP contribution is 2.42. The first-order chi connectivity index (χ1) is 21.2. The molecule has 204 valence electrons. The Kier molecular flexibility index (Phi) is 6.03. The molecule has 8 aromatic rings. The molecule has 4 nitrogen and oxygen atoms in total. The van der Waals surface area contributed by atoms with Crippen molar-refractivity contribution < 1.29 is 4.57 Å².